The number of carbonyl (C=O) groups is 1. The molecule has 0 fully saturated rings. The zero-order valence-electron chi connectivity index (χ0n) is 12.4. The molecule has 2 aromatic carbocycles. The first kappa shape index (κ1) is 14.8. The predicted molar refractivity (Wildman–Crippen MR) is 85.4 cm³/mol. The van der Waals surface area contributed by atoms with E-state index in [9.17, 15) is 15.2 Å². The van der Waals surface area contributed by atoms with Crippen LogP contribution in [-0.4, -0.2) is 21.0 Å². The zero-order chi connectivity index (χ0) is 16.6. The van der Waals surface area contributed by atoms with Crippen LogP contribution in [0.3, 0.4) is 0 Å². The summed E-state index contributed by atoms with van der Waals surface area (Å²) in [6, 6.07) is 10.5. The minimum Gasteiger partial charge on any atom is -0.389 e. The SMILES string of the molecule is CC(O)c1c(C#N)cc(C(N)=O)cc1-c1ccc2nc[nH]c2c1. The Hall–Kier alpha value is -3.17. The van der Waals surface area contributed by atoms with E-state index in [1.807, 2.05) is 24.3 Å². The summed E-state index contributed by atoms with van der Waals surface area (Å²) in [6.45, 7) is 1.58. The Morgan fingerprint density at radius 1 is 1.39 bits per heavy atom. The van der Waals surface area contributed by atoms with Crippen LogP contribution in [0.15, 0.2) is 36.7 Å². The fourth-order valence-electron chi connectivity index (χ4n) is 2.68. The molecule has 1 heterocycles. The molecule has 0 bridgehead atoms. The normalized spacial score (nSPS) is 12.0. The monoisotopic (exact) mass is 306 g/mol. The summed E-state index contributed by atoms with van der Waals surface area (Å²) >= 11 is 0. The predicted octanol–water partition coefficient (Wildman–Crippen LogP) is 2.25. The molecule has 3 rings (SSSR count). The van der Waals surface area contributed by atoms with Crippen molar-refractivity contribution in [3.8, 4) is 17.2 Å². The Morgan fingerprint density at radius 3 is 2.83 bits per heavy atom. The summed E-state index contributed by atoms with van der Waals surface area (Å²) in [4.78, 5) is 18.7. The van der Waals surface area contributed by atoms with Crippen LogP contribution >= 0.6 is 0 Å². The lowest BCUT2D eigenvalue weighted by Crippen LogP contribution is -2.13. The molecular weight excluding hydrogens is 292 g/mol. The van der Waals surface area contributed by atoms with E-state index in [0.29, 0.717) is 11.1 Å². The number of amides is 1. The van der Waals surface area contributed by atoms with Gasteiger partial charge in [-0.25, -0.2) is 4.98 Å². The lowest BCUT2D eigenvalue weighted by Gasteiger charge is -2.15. The summed E-state index contributed by atoms with van der Waals surface area (Å²) in [6.07, 6.45) is 0.726. The third kappa shape index (κ3) is 2.54. The van der Waals surface area contributed by atoms with Crippen LogP contribution in [-0.2, 0) is 0 Å². The van der Waals surface area contributed by atoms with Crippen molar-refractivity contribution < 1.29 is 9.90 Å². The summed E-state index contributed by atoms with van der Waals surface area (Å²) in [5.74, 6) is -0.623. The smallest absolute Gasteiger partial charge is 0.248 e. The van der Waals surface area contributed by atoms with E-state index in [4.69, 9.17) is 5.73 Å². The Morgan fingerprint density at radius 2 is 2.17 bits per heavy atom. The van der Waals surface area contributed by atoms with E-state index in [0.717, 1.165) is 16.6 Å². The highest BCUT2D eigenvalue weighted by Crippen LogP contribution is 2.33. The fraction of sp³-hybridized carbons (Fsp3) is 0.118. The molecule has 0 saturated carbocycles. The van der Waals surface area contributed by atoms with Crippen LogP contribution in [0.1, 0.15) is 34.5 Å². The number of nitrogens with one attached hydrogen (secondary N) is 1. The lowest BCUT2D eigenvalue weighted by atomic mass is 9.90. The van der Waals surface area contributed by atoms with Gasteiger partial charge < -0.3 is 15.8 Å². The van der Waals surface area contributed by atoms with Gasteiger partial charge >= 0.3 is 0 Å². The second-order valence-corrected chi connectivity index (χ2v) is 5.27. The Labute approximate surface area is 132 Å². The van der Waals surface area contributed by atoms with E-state index in [1.54, 1.807) is 19.3 Å². The summed E-state index contributed by atoms with van der Waals surface area (Å²) < 4.78 is 0. The largest absolute Gasteiger partial charge is 0.389 e. The van der Waals surface area contributed by atoms with Crippen molar-refractivity contribution in [2.75, 3.05) is 0 Å². The number of rotatable bonds is 3. The molecule has 6 nitrogen and oxygen atoms in total. The second-order valence-electron chi connectivity index (χ2n) is 5.27. The third-order valence-corrected chi connectivity index (χ3v) is 3.73. The molecule has 23 heavy (non-hydrogen) atoms. The molecule has 0 aliphatic rings. The first-order valence-electron chi connectivity index (χ1n) is 7.00. The van der Waals surface area contributed by atoms with E-state index in [-0.39, 0.29) is 11.1 Å². The van der Waals surface area contributed by atoms with Crippen molar-refractivity contribution in [2.45, 2.75) is 13.0 Å². The number of imidazole rings is 1. The first-order valence-corrected chi connectivity index (χ1v) is 7.00. The summed E-state index contributed by atoms with van der Waals surface area (Å²) in [5, 5.41) is 19.4. The highest BCUT2D eigenvalue weighted by molar-refractivity contribution is 5.96. The number of aromatic nitrogens is 2. The van der Waals surface area contributed by atoms with Crippen LogP contribution in [0.5, 0.6) is 0 Å². The molecule has 1 unspecified atom stereocenters. The number of hydrogen-bond acceptors (Lipinski definition) is 4. The van der Waals surface area contributed by atoms with Crippen LogP contribution in [0, 0.1) is 11.3 Å². The number of hydrogen-bond donors (Lipinski definition) is 3. The van der Waals surface area contributed by atoms with Gasteiger partial charge in [0.05, 0.1) is 35.1 Å². The molecule has 4 N–H and O–H groups in total. The zero-order valence-corrected chi connectivity index (χ0v) is 12.4. The maximum Gasteiger partial charge on any atom is 0.248 e. The second kappa shape index (κ2) is 5.55. The highest BCUT2D eigenvalue weighted by atomic mass is 16.3. The number of aliphatic hydroxyl groups excluding tert-OH is 1. The van der Waals surface area contributed by atoms with Crippen LogP contribution in [0.2, 0.25) is 0 Å². The van der Waals surface area contributed by atoms with Crippen molar-refractivity contribution in [2.24, 2.45) is 5.73 Å². The molecule has 114 valence electrons. The molecule has 3 aromatic rings. The number of nitrogens with zero attached hydrogens (tertiary/aromatic N) is 2. The number of fused-ring (bicyclic) bond motifs is 1. The molecule has 1 aromatic heterocycles. The van der Waals surface area contributed by atoms with Crippen molar-refractivity contribution in [3.05, 3.63) is 53.3 Å². The van der Waals surface area contributed by atoms with Gasteiger partial charge in [-0.1, -0.05) is 6.07 Å². The Bertz CT molecular complexity index is 951. The minimum atomic E-state index is -0.862. The van der Waals surface area contributed by atoms with Crippen molar-refractivity contribution >= 4 is 16.9 Å². The van der Waals surface area contributed by atoms with Gasteiger partial charge in [-0.3, -0.25) is 4.79 Å². The van der Waals surface area contributed by atoms with E-state index >= 15 is 0 Å². The molecule has 0 saturated heterocycles. The number of H-pyrrole nitrogens is 1. The number of benzene rings is 2. The molecule has 0 aliphatic heterocycles. The van der Waals surface area contributed by atoms with Crippen molar-refractivity contribution in [1.82, 2.24) is 9.97 Å². The maximum absolute atomic E-state index is 11.5. The van der Waals surface area contributed by atoms with E-state index in [1.165, 1.54) is 6.07 Å². The molecular formula is C17H14N4O2. The molecule has 1 atom stereocenters. The standard InChI is InChI=1S/C17H14N4O2/c1-9(22)16-12(7-18)4-11(17(19)23)5-13(16)10-2-3-14-15(6-10)21-8-20-14/h2-6,8-9,22H,1H3,(H2,19,23)(H,20,21). The van der Waals surface area contributed by atoms with Gasteiger partial charge in [-0.2, -0.15) is 5.26 Å². The number of aliphatic hydroxyl groups is 1. The molecule has 0 aliphatic carbocycles. The van der Waals surface area contributed by atoms with Gasteiger partial charge in [-0.15, -0.1) is 0 Å². The molecule has 6 heteroatoms. The Kier molecular flexibility index (Phi) is 3.56. The van der Waals surface area contributed by atoms with Gasteiger partial charge in [-0.05, 0) is 42.3 Å². The number of nitrogens with two attached hydrogens (primary N) is 1. The first-order chi connectivity index (χ1) is 11.0. The van der Waals surface area contributed by atoms with Gasteiger partial charge in [0.1, 0.15) is 0 Å². The average Bonchev–Trinajstić information content (AvgIpc) is 3.00. The van der Waals surface area contributed by atoms with Crippen molar-refractivity contribution in [1.29, 1.82) is 5.26 Å². The summed E-state index contributed by atoms with van der Waals surface area (Å²) in [5.41, 5.74) is 9.27. The summed E-state index contributed by atoms with van der Waals surface area (Å²) in [7, 11) is 0. The average molecular weight is 306 g/mol. The number of carbonyl (C=O) groups excluding carboxylic acids is 1. The number of nitriles is 1. The van der Waals surface area contributed by atoms with E-state index < -0.39 is 12.0 Å². The van der Waals surface area contributed by atoms with E-state index in [2.05, 4.69) is 9.97 Å². The Balaban J connectivity index is 2.33. The van der Waals surface area contributed by atoms with Crippen LogP contribution in [0.25, 0.3) is 22.2 Å². The van der Waals surface area contributed by atoms with Gasteiger partial charge in [0.2, 0.25) is 5.91 Å². The van der Waals surface area contributed by atoms with Gasteiger partial charge in [0.15, 0.2) is 0 Å². The number of primary amides is 1. The molecule has 1 amide bonds. The fourth-order valence-corrected chi connectivity index (χ4v) is 2.68. The minimum absolute atomic E-state index is 0.227. The van der Waals surface area contributed by atoms with Gasteiger partial charge in [0, 0.05) is 11.1 Å². The van der Waals surface area contributed by atoms with Gasteiger partial charge in [0.25, 0.3) is 0 Å². The quantitative estimate of drug-likeness (QED) is 0.688. The topological polar surface area (TPSA) is 116 Å². The maximum atomic E-state index is 11.5. The third-order valence-electron chi connectivity index (χ3n) is 3.73. The molecule has 0 radical (unpaired) electrons. The van der Waals surface area contributed by atoms with Crippen LogP contribution in [0.4, 0.5) is 0 Å². The molecule has 0 spiro atoms. The van der Waals surface area contributed by atoms with Crippen LogP contribution < -0.4 is 5.73 Å². The number of aromatic amines is 1. The lowest BCUT2D eigenvalue weighted by molar-refractivity contribution is 0.1000. The highest BCUT2D eigenvalue weighted by Gasteiger charge is 2.18. The van der Waals surface area contributed by atoms with Crippen molar-refractivity contribution in [3.63, 3.8) is 0 Å².